The Hall–Kier alpha value is -0.940. The minimum atomic E-state index is 0.111. The van der Waals surface area contributed by atoms with Gasteiger partial charge in [0.05, 0.1) is 6.54 Å². The fraction of sp³-hybridized carbons (Fsp3) is 0.818. The topological polar surface area (TPSA) is 49.9 Å². The largest absolute Gasteiger partial charge is 0.377 e. The van der Waals surface area contributed by atoms with Crippen LogP contribution in [0.2, 0.25) is 0 Å². The van der Waals surface area contributed by atoms with Crippen molar-refractivity contribution in [2.24, 2.45) is 0 Å². The number of piperazine rings is 1. The normalized spacial score (nSPS) is 25.9. The number of amides is 1. The molecule has 0 aromatic carbocycles. The van der Waals surface area contributed by atoms with E-state index >= 15 is 0 Å². The van der Waals surface area contributed by atoms with Gasteiger partial charge >= 0.3 is 0 Å². The number of hydrogen-bond acceptors (Lipinski definition) is 4. The van der Waals surface area contributed by atoms with E-state index in [-0.39, 0.29) is 18.3 Å². The van der Waals surface area contributed by atoms with Crippen molar-refractivity contribution >= 4 is 11.7 Å². The summed E-state index contributed by atoms with van der Waals surface area (Å²) >= 11 is 0. The maximum atomic E-state index is 11.5. The summed E-state index contributed by atoms with van der Waals surface area (Å²) in [4.78, 5) is 27.0. The molecule has 0 N–H and O–H groups in total. The smallest absolute Gasteiger partial charge is 0.222 e. The standard InChI is InChI=1S/C11H18N2O3/c1-16-8-10(14)7-12-4-5-13-9(6-12)2-3-11(13)15/h9H,2-8H2,1H3. The zero-order valence-electron chi connectivity index (χ0n) is 9.65. The van der Waals surface area contributed by atoms with Gasteiger partial charge in [0.15, 0.2) is 5.78 Å². The van der Waals surface area contributed by atoms with Crippen LogP contribution < -0.4 is 0 Å². The Kier molecular flexibility index (Phi) is 3.56. The summed E-state index contributed by atoms with van der Waals surface area (Å²) in [5.41, 5.74) is 0. The van der Waals surface area contributed by atoms with Crippen molar-refractivity contribution in [1.82, 2.24) is 9.80 Å². The summed E-state index contributed by atoms with van der Waals surface area (Å²) < 4.78 is 4.81. The number of Topliss-reactive ketones (excluding diaryl/α,β-unsaturated/α-hetero) is 1. The third kappa shape index (κ3) is 2.41. The maximum absolute atomic E-state index is 11.5. The monoisotopic (exact) mass is 226 g/mol. The average Bonchev–Trinajstić information content (AvgIpc) is 2.60. The van der Waals surface area contributed by atoms with Crippen LogP contribution in [0.25, 0.3) is 0 Å². The Balaban J connectivity index is 1.83. The molecule has 16 heavy (non-hydrogen) atoms. The molecule has 1 atom stereocenters. The van der Waals surface area contributed by atoms with Gasteiger partial charge in [-0.15, -0.1) is 0 Å². The lowest BCUT2D eigenvalue weighted by atomic mass is 10.1. The van der Waals surface area contributed by atoms with Gasteiger partial charge in [0.1, 0.15) is 6.61 Å². The molecule has 0 spiro atoms. The van der Waals surface area contributed by atoms with Gasteiger partial charge in [-0.05, 0) is 6.42 Å². The van der Waals surface area contributed by atoms with Crippen LogP contribution >= 0.6 is 0 Å². The number of methoxy groups -OCH3 is 1. The second kappa shape index (κ2) is 4.93. The molecule has 2 rings (SSSR count). The summed E-state index contributed by atoms with van der Waals surface area (Å²) in [5.74, 6) is 0.383. The van der Waals surface area contributed by atoms with E-state index in [4.69, 9.17) is 4.74 Å². The number of ketones is 1. The SMILES string of the molecule is COCC(=O)CN1CCN2C(=O)CCC2C1. The molecular weight excluding hydrogens is 208 g/mol. The Morgan fingerprint density at radius 3 is 3.06 bits per heavy atom. The molecule has 0 aliphatic carbocycles. The number of carbonyl (C=O) groups is 2. The molecule has 0 aromatic heterocycles. The van der Waals surface area contributed by atoms with Crippen LogP contribution in [0.5, 0.6) is 0 Å². The van der Waals surface area contributed by atoms with E-state index in [9.17, 15) is 9.59 Å². The molecule has 0 saturated carbocycles. The summed E-state index contributed by atoms with van der Waals surface area (Å²) in [7, 11) is 1.53. The lowest BCUT2D eigenvalue weighted by Crippen LogP contribution is -2.52. The number of ether oxygens (including phenoxy) is 1. The highest BCUT2D eigenvalue weighted by Crippen LogP contribution is 2.22. The van der Waals surface area contributed by atoms with E-state index in [1.54, 1.807) is 0 Å². The van der Waals surface area contributed by atoms with Crippen molar-refractivity contribution in [3.63, 3.8) is 0 Å². The van der Waals surface area contributed by atoms with Gasteiger partial charge in [0.25, 0.3) is 0 Å². The fourth-order valence-electron chi connectivity index (χ4n) is 2.53. The van der Waals surface area contributed by atoms with Crippen molar-refractivity contribution in [2.45, 2.75) is 18.9 Å². The van der Waals surface area contributed by atoms with Gasteiger partial charge in [-0.3, -0.25) is 14.5 Å². The summed E-state index contributed by atoms with van der Waals surface area (Å²) in [6.45, 7) is 3.04. The highest BCUT2D eigenvalue weighted by molar-refractivity contribution is 5.82. The number of rotatable bonds is 4. The molecule has 0 radical (unpaired) electrons. The highest BCUT2D eigenvalue weighted by atomic mass is 16.5. The van der Waals surface area contributed by atoms with Crippen LogP contribution in [0.1, 0.15) is 12.8 Å². The van der Waals surface area contributed by atoms with Crippen LogP contribution in [0, 0.1) is 0 Å². The molecule has 2 fully saturated rings. The Bertz CT molecular complexity index is 293. The van der Waals surface area contributed by atoms with Crippen molar-refractivity contribution in [2.75, 3.05) is 39.9 Å². The van der Waals surface area contributed by atoms with Crippen LogP contribution in [-0.4, -0.2) is 67.4 Å². The minimum Gasteiger partial charge on any atom is -0.377 e. The first-order valence-electron chi connectivity index (χ1n) is 5.73. The molecule has 1 unspecified atom stereocenters. The first-order chi connectivity index (χ1) is 7.70. The number of nitrogens with zero attached hydrogens (tertiary/aromatic N) is 2. The molecule has 2 aliphatic rings. The molecule has 2 saturated heterocycles. The molecular formula is C11H18N2O3. The van der Waals surface area contributed by atoms with Crippen LogP contribution in [0.15, 0.2) is 0 Å². The van der Waals surface area contributed by atoms with Crippen molar-refractivity contribution in [3.8, 4) is 0 Å². The number of carbonyl (C=O) groups excluding carboxylic acids is 2. The second-order valence-electron chi connectivity index (χ2n) is 4.49. The Morgan fingerprint density at radius 1 is 1.50 bits per heavy atom. The molecule has 0 bridgehead atoms. The minimum absolute atomic E-state index is 0.111. The van der Waals surface area contributed by atoms with Crippen LogP contribution in [-0.2, 0) is 14.3 Å². The second-order valence-corrected chi connectivity index (χ2v) is 4.49. The van der Waals surface area contributed by atoms with Gasteiger partial charge in [-0.25, -0.2) is 0 Å². The summed E-state index contributed by atoms with van der Waals surface area (Å²) in [6.07, 6.45) is 1.61. The maximum Gasteiger partial charge on any atom is 0.222 e. The fourth-order valence-corrected chi connectivity index (χ4v) is 2.53. The van der Waals surface area contributed by atoms with Crippen molar-refractivity contribution in [3.05, 3.63) is 0 Å². The zero-order chi connectivity index (χ0) is 11.5. The lowest BCUT2D eigenvalue weighted by molar-refractivity contribution is -0.131. The number of hydrogen-bond donors (Lipinski definition) is 0. The molecule has 1 amide bonds. The van der Waals surface area contributed by atoms with E-state index < -0.39 is 0 Å². The quantitative estimate of drug-likeness (QED) is 0.649. The van der Waals surface area contributed by atoms with Gasteiger partial charge in [-0.1, -0.05) is 0 Å². The summed E-state index contributed by atoms with van der Waals surface area (Å²) in [6, 6.07) is 0.330. The molecule has 5 heteroatoms. The van der Waals surface area contributed by atoms with Crippen LogP contribution in [0.4, 0.5) is 0 Å². The molecule has 0 aromatic rings. The Labute approximate surface area is 95.3 Å². The lowest BCUT2D eigenvalue weighted by Gasteiger charge is -2.37. The van der Waals surface area contributed by atoms with Crippen LogP contribution in [0.3, 0.4) is 0 Å². The first kappa shape index (κ1) is 11.5. The summed E-state index contributed by atoms with van der Waals surface area (Å²) in [5, 5.41) is 0. The zero-order valence-corrected chi connectivity index (χ0v) is 9.65. The third-order valence-corrected chi connectivity index (χ3v) is 3.28. The van der Waals surface area contributed by atoms with Crippen molar-refractivity contribution < 1.29 is 14.3 Å². The van der Waals surface area contributed by atoms with E-state index in [0.717, 1.165) is 26.1 Å². The van der Waals surface area contributed by atoms with Gasteiger partial charge in [-0.2, -0.15) is 0 Å². The molecule has 2 heterocycles. The van der Waals surface area contributed by atoms with E-state index in [0.29, 0.717) is 19.0 Å². The van der Waals surface area contributed by atoms with Gasteiger partial charge in [0.2, 0.25) is 5.91 Å². The Morgan fingerprint density at radius 2 is 2.31 bits per heavy atom. The van der Waals surface area contributed by atoms with E-state index in [1.165, 1.54) is 7.11 Å². The third-order valence-electron chi connectivity index (χ3n) is 3.28. The van der Waals surface area contributed by atoms with Crippen molar-refractivity contribution in [1.29, 1.82) is 0 Å². The van der Waals surface area contributed by atoms with Gasteiger partial charge < -0.3 is 9.64 Å². The van der Waals surface area contributed by atoms with E-state index in [2.05, 4.69) is 4.90 Å². The predicted octanol–water partition coefficient (Wildman–Crippen LogP) is -0.491. The van der Waals surface area contributed by atoms with E-state index in [1.807, 2.05) is 4.90 Å². The highest BCUT2D eigenvalue weighted by Gasteiger charge is 2.35. The average molecular weight is 226 g/mol. The first-order valence-corrected chi connectivity index (χ1v) is 5.73. The molecule has 2 aliphatic heterocycles. The molecule has 5 nitrogen and oxygen atoms in total. The number of fused-ring (bicyclic) bond motifs is 1. The van der Waals surface area contributed by atoms with Gasteiger partial charge in [0, 0.05) is 39.2 Å². The molecule has 90 valence electrons. The predicted molar refractivity (Wildman–Crippen MR) is 58.1 cm³/mol.